The van der Waals surface area contributed by atoms with E-state index in [0.29, 0.717) is 21.3 Å². The van der Waals surface area contributed by atoms with Crippen LogP contribution in [0.4, 0.5) is 5.69 Å². The molecule has 2 aromatic rings. The third-order valence-electron chi connectivity index (χ3n) is 2.61. The van der Waals surface area contributed by atoms with Crippen molar-refractivity contribution in [2.45, 2.75) is 6.61 Å². The topological polar surface area (TPSA) is 52.3 Å². The Morgan fingerprint density at radius 3 is 2.55 bits per heavy atom. The average molecular weight is 375 g/mol. The predicted molar refractivity (Wildman–Crippen MR) is 84.1 cm³/mol. The first-order chi connectivity index (χ1) is 9.47. The summed E-state index contributed by atoms with van der Waals surface area (Å²) in [6.45, 7) is 0.0902. The molecule has 2 aromatic carbocycles. The molecular weight excluding hydrogens is 365 g/mol. The van der Waals surface area contributed by atoms with Gasteiger partial charge >= 0.3 is 5.97 Å². The Kier molecular flexibility index (Phi) is 4.91. The fourth-order valence-electron chi connectivity index (χ4n) is 1.52. The molecule has 0 aliphatic heterocycles. The van der Waals surface area contributed by atoms with Crippen molar-refractivity contribution in [3.8, 4) is 0 Å². The maximum absolute atomic E-state index is 11.9. The number of nitrogens with two attached hydrogens (primary N) is 1. The van der Waals surface area contributed by atoms with Crippen LogP contribution in [-0.4, -0.2) is 5.97 Å². The molecule has 0 heterocycles. The van der Waals surface area contributed by atoms with Gasteiger partial charge in [0.1, 0.15) is 6.61 Å². The van der Waals surface area contributed by atoms with Crippen LogP contribution in [0.1, 0.15) is 15.9 Å². The number of carbonyl (C=O) groups excluding carboxylic acids is 1. The molecular formula is C14H10BrCl2NO2. The van der Waals surface area contributed by atoms with Crippen molar-refractivity contribution in [2.75, 3.05) is 5.73 Å². The first kappa shape index (κ1) is 15.2. The lowest BCUT2D eigenvalue weighted by Crippen LogP contribution is -2.06. The molecule has 0 fully saturated rings. The Hall–Kier alpha value is -1.23. The van der Waals surface area contributed by atoms with E-state index in [9.17, 15) is 4.79 Å². The van der Waals surface area contributed by atoms with Gasteiger partial charge in [0, 0.05) is 15.1 Å². The molecule has 20 heavy (non-hydrogen) atoms. The molecule has 0 atom stereocenters. The minimum absolute atomic E-state index is 0.0902. The van der Waals surface area contributed by atoms with Crippen LogP contribution in [0.5, 0.6) is 0 Å². The summed E-state index contributed by atoms with van der Waals surface area (Å²) >= 11 is 15.2. The number of benzene rings is 2. The van der Waals surface area contributed by atoms with Crippen molar-refractivity contribution in [1.29, 1.82) is 0 Å². The SMILES string of the molecule is Nc1ccc(C(=O)OCc2ccc(Br)cc2Cl)cc1Cl. The van der Waals surface area contributed by atoms with Crippen LogP contribution in [0.2, 0.25) is 10.0 Å². The van der Waals surface area contributed by atoms with Crippen LogP contribution in [0.3, 0.4) is 0 Å². The molecule has 3 nitrogen and oxygen atoms in total. The summed E-state index contributed by atoms with van der Waals surface area (Å²) in [5, 5.41) is 0.851. The predicted octanol–water partition coefficient (Wildman–Crippen LogP) is 4.70. The summed E-state index contributed by atoms with van der Waals surface area (Å²) in [6.07, 6.45) is 0. The molecule has 2 N–H and O–H groups in total. The van der Waals surface area contributed by atoms with Gasteiger partial charge in [-0.3, -0.25) is 0 Å². The van der Waals surface area contributed by atoms with E-state index in [1.54, 1.807) is 24.3 Å². The maximum atomic E-state index is 11.9. The van der Waals surface area contributed by atoms with E-state index in [1.807, 2.05) is 6.07 Å². The second-order valence-electron chi connectivity index (χ2n) is 4.05. The smallest absolute Gasteiger partial charge is 0.338 e. The van der Waals surface area contributed by atoms with Gasteiger partial charge in [0.05, 0.1) is 16.3 Å². The van der Waals surface area contributed by atoms with Crippen molar-refractivity contribution in [2.24, 2.45) is 0 Å². The first-order valence-corrected chi connectivity index (χ1v) is 7.18. The highest BCUT2D eigenvalue weighted by Crippen LogP contribution is 2.23. The summed E-state index contributed by atoms with van der Waals surface area (Å²) in [5.74, 6) is -0.481. The number of anilines is 1. The zero-order valence-electron chi connectivity index (χ0n) is 10.2. The van der Waals surface area contributed by atoms with E-state index in [1.165, 1.54) is 6.07 Å². The van der Waals surface area contributed by atoms with Crippen molar-refractivity contribution in [3.05, 3.63) is 62.0 Å². The number of rotatable bonds is 3. The molecule has 0 saturated heterocycles. The van der Waals surface area contributed by atoms with E-state index in [-0.39, 0.29) is 6.61 Å². The van der Waals surface area contributed by atoms with E-state index in [4.69, 9.17) is 33.7 Å². The second-order valence-corrected chi connectivity index (χ2v) is 5.78. The van der Waals surface area contributed by atoms with Crippen LogP contribution in [0.15, 0.2) is 40.9 Å². The summed E-state index contributed by atoms with van der Waals surface area (Å²) in [7, 11) is 0. The van der Waals surface area contributed by atoms with Crippen LogP contribution in [0.25, 0.3) is 0 Å². The van der Waals surface area contributed by atoms with Gasteiger partial charge in [0.25, 0.3) is 0 Å². The van der Waals surface area contributed by atoms with Gasteiger partial charge in [-0.1, -0.05) is 45.2 Å². The Labute approximate surface area is 134 Å². The Morgan fingerprint density at radius 2 is 1.90 bits per heavy atom. The summed E-state index contributed by atoms with van der Waals surface area (Å²) < 4.78 is 6.06. The molecule has 0 amide bonds. The zero-order valence-corrected chi connectivity index (χ0v) is 13.3. The van der Waals surface area contributed by atoms with Crippen LogP contribution < -0.4 is 5.73 Å². The summed E-state index contributed by atoms with van der Waals surface area (Å²) in [6, 6.07) is 9.95. The number of hydrogen-bond acceptors (Lipinski definition) is 3. The average Bonchev–Trinajstić information content (AvgIpc) is 2.40. The number of hydrogen-bond donors (Lipinski definition) is 1. The molecule has 2 rings (SSSR count). The van der Waals surface area contributed by atoms with Crippen molar-refractivity contribution >= 4 is 50.8 Å². The van der Waals surface area contributed by atoms with Crippen LogP contribution in [-0.2, 0) is 11.3 Å². The summed E-state index contributed by atoms with van der Waals surface area (Å²) in [4.78, 5) is 11.9. The van der Waals surface area contributed by atoms with Gasteiger partial charge < -0.3 is 10.5 Å². The fourth-order valence-corrected chi connectivity index (χ4v) is 2.43. The first-order valence-electron chi connectivity index (χ1n) is 5.63. The standard InChI is InChI=1S/C14H10BrCl2NO2/c15-10-3-1-9(11(16)6-10)7-20-14(19)8-2-4-13(18)12(17)5-8/h1-6H,7,18H2. The molecule has 0 spiro atoms. The van der Waals surface area contributed by atoms with E-state index < -0.39 is 5.97 Å². The quantitative estimate of drug-likeness (QED) is 0.626. The number of nitrogen functional groups attached to an aromatic ring is 1. The normalized spacial score (nSPS) is 10.3. The molecule has 0 bridgehead atoms. The number of esters is 1. The van der Waals surface area contributed by atoms with Crippen LogP contribution in [0, 0.1) is 0 Å². The highest BCUT2D eigenvalue weighted by atomic mass is 79.9. The van der Waals surface area contributed by atoms with Gasteiger partial charge in [-0.15, -0.1) is 0 Å². The van der Waals surface area contributed by atoms with Gasteiger partial charge in [-0.2, -0.15) is 0 Å². The molecule has 104 valence electrons. The largest absolute Gasteiger partial charge is 0.457 e. The monoisotopic (exact) mass is 373 g/mol. The van der Waals surface area contributed by atoms with Gasteiger partial charge in [-0.25, -0.2) is 4.79 Å². The Bertz CT molecular complexity index is 662. The van der Waals surface area contributed by atoms with Crippen molar-refractivity contribution in [1.82, 2.24) is 0 Å². The summed E-state index contributed by atoms with van der Waals surface area (Å²) in [5.41, 5.74) is 7.07. The number of carbonyl (C=O) groups is 1. The van der Waals surface area contributed by atoms with Crippen molar-refractivity contribution in [3.63, 3.8) is 0 Å². The lowest BCUT2D eigenvalue weighted by Gasteiger charge is -2.08. The minimum Gasteiger partial charge on any atom is -0.457 e. The third kappa shape index (κ3) is 3.66. The van der Waals surface area contributed by atoms with Crippen LogP contribution >= 0.6 is 39.1 Å². The van der Waals surface area contributed by atoms with Gasteiger partial charge in [0.2, 0.25) is 0 Å². The lowest BCUT2D eigenvalue weighted by molar-refractivity contribution is 0.0473. The molecule has 0 aromatic heterocycles. The Balaban J connectivity index is 2.06. The number of ether oxygens (including phenoxy) is 1. The third-order valence-corrected chi connectivity index (χ3v) is 3.78. The van der Waals surface area contributed by atoms with Gasteiger partial charge in [-0.05, 0) is 30.3 Å². The van der Waals surface area contributed by atoms with E-state index in [0.717, 1.165) is 10.0 Å². The molecule has 0 aliphatic carbocycles. The van der Waals surface area contributed by atoms with E-state index in [2.05, 4.69) is 15.9 Å². The maximum Gasteiger partial charge on any atom is 0.338 e. The highest BCUT2D eigenvalue weighted by molar-refractivity contribution is 9.10. The molecule has 6 heteroatoms. The zero-order chi connectivity index (χ0) is 14.7. The second kappa shape index (κ2) is 6.48. The fraction of sp³-hybridized carbons (Fsp3) is 0.0714. The molecule has 0 unspecified atom stereocenters. The van der Waals surface area contributed by atoms with E-state index >= 15 is 0 Å². The highest BCUT2D eigenvalue weighted by Gasteiger charge is 2.10. The minimum atomic E-state index is -0.481. The molecule has 0 saturated carbocycles. The molecule has 0 radical (unpaired) electrons. The lowest BCUT2D eigenvalue weighted by atomic mass is 10.2. The Morgan fingerprint density at radius 1 is 1.15 bits per heavy atom. The van der Waals surface area contributed by atoms with Gasteiger partial charge in [0.15, 0.2) is 0 Å². The molecule has 0 aliphatic rings. The van der Waals surface area contributed by atoms with Crippen molar-refractivity contribution < 1.29 is 9.53 Å². The number of halogens is 3.